The van der Waals surface area contributed by atoms with Gasteiger partial charge in [-0.25, -0.2) is 0 Å². The Morgan fingerprint density at radius 2 is 1.74 bits per heavy atom. The van der Waals surface area contributed by atoms with Crippen LogP contribution in [0.15, 0.2) is 5.10 Å². The molecule has 0 aromatic rings. The van der Waals surface area contributed by atoms with Crippen molar-refractivity contribution in [1.29, 1.82) is 0 Å². The third-order valence-corrected chi connectivity index (χ3v) is 5.76. The molecule has 0 aromatic carbocycles. The van der Waals surface area contributed by atoms with Crippen molar-refractivity contribution < 1.29 is 9.31 Å². The summed E-state index contributed by atoms with van der Waals surface area (Å²) in [6, 6.07) is 0. The molecule has 0 bridgehead atoms. The first-order valence-electron chi connectivity index (χ1n) is 9.23. The average molecular weight is 322 g/mol. The summed E-state index contributed by atoms with van der Waals surface area (Å²) >= 11 is 0. The summed E-state index contributed by atoms with van der Waals surface area (Å²) in [7, 11) is 3.95. The highest BCUT2D eigenvalue weighted by molar-refractivity contribution is 6.45. The van der Waals surface area contributed by atoms with Crippen LogP contribution in [-0.4, -0.2) is 43.1 Å². The molecule has 132 valence electrons. The molecule has 0 aromatic heterocycles. The molecule has 1 heterocycles. The maximum Gasteiger partial charge on any atom is 0.458 e. The van der Waals surface area contributed by atoms with E-state index in [1.54, 1.807) is 0 Å². The topological polar surface area (TPSA) is 34.1 Å². The van der Waals surface area contributed by atoms with Gasteiger partial charge in [0.05, 0.1) is 11.2 Å². The normalized spacial score (nSPS) is 30.3. The third-order valence-electron chi connectivity index (χ3n) is 5.76. The van der Waals surface area contributed by atoms with Crippen molar-refractivity contribution >= 4 is 12.8 Å². The Bertz CT molecular complexity index is 419. The molecule has 0 radical (unpaired) electrons. The highest BCUT2D eigenvalue weighted by Gasteiger charge is 2.51. The van der Waals surface area contributed by atoms with E-state index in [2.05, 4.69) is 34.6 Å². The van der Waals surface area contributed by atoms with Crippen molar-refractivity contribution in [1.82, 2.24) is 5.01 Å². The molecule has 4 nitrogen and oxygen atoms in total. The highest BCUT2D eigenvalue weighted by atomic mass is 16.7. The van der Waals surface area contributed by atoms with Crippen LogP contribution in [0.3, 0.4) is 0 Å². The Balaban J connectivity index is 2.05. The molecule has 5 heteroatoms. The van der Waals surface area contributed by atoms with Crippen LogP contribution >= 0.6 is 0 Å². The van der Waals surface area contributed by atoms with E-state index in [4.69, 9.17) is 14.4 Å². The fourth-order valence-corrected chi connectivity index (χ4v) is 3.72. The molecule has 0 amide bonds. The summed E-state index contributed by atoms with van der Waals surface area (Å²) in [5.74, 6) is 1.08. The molecule has 2 atom stereocenters. The Morgan fingerprint density at radius 1 is 1.13 bits per heavy atom. The number of rotatable bonds is 4. The van der Waals surface area contributed by atoms with E-state index < -0.39 is 0 Å². The summed E-state index contributed by atoms with van der Waals surface area (Å²) in [5, 5.41) is 6.75. The fourth-order valence-electron chi connectivity index (χ4n) is 3.72. The molecule has 2 fully saturated rings. The lowest BCUT2D eigenvalue weighted by molar-refractivity contribution is 0.00578. The van der Waals surface area contributed by atoms with E-state index in [-0.39, 0.29) is 18.3 Å². The molecule has 23 heavy (non-hydrogen) atoms. The predicted molar refractivity (Wildman–Crippen MR) is 97.8 cm³/mol. The molecule has 2 rings (SSSR count). The molecule has 0 unspecified atom stereocenters. The molecule has 1 saturated carbocycles. The van der Waals surface area contributed by atoms with Crippen LogP contribution in [0.25, 0.3) is 0 Å². The minimum atomic E-state index is -0.235. The lowest BCUT2D eigenvalue weighted by atomic mass is 9.71. The van der Waals surface area contributed by atoms with Crippen LogP contribution in [0.4, 0.5) is 0 Å². The smallest absolute Gasteiger partial charge is 0.403 e. The van der Waals surface area contributed by atoms with E-state index in [1.165, 1.54) is 31.4 Å². The lowest BCUT2D eigenvalue weighted by Gasteiger charge is -2.32. The van der Waals surface area contributed by atoms with Gasteiger partial charge in [-0.3, -0.25) is 0 Å². The first-order chi connectivity index (χ1) is 10.6. The summed E-state index contributed by atoms with van der Waals surface area (Å²) in [6.45, 7) is 10.8. The van der Waals surface area contributed by atoms with Crippen LogP contribution in [0.1, 0.15) is 66.7 Å². The standard InChI is InChI=1S/C18H35BN2O2/c1-14(13-19-22-17(2,3)18(4,5)23-19)15-11-9-8-10-12-16(15)20-21(6)7/h14-15H,8-13H2,1-7H3/b20-16+/t14-,15-/m1/s1. The highest BCUT2D eigenvalue weighted by Crippen LogP contribution is 2.40. The molecule has 2 aliphatic rings. The van der Waals surface area contributed by atoms with E-state index in [1.807, 2.05) is 19.1 Å². The molecular formula is C18H35BN2O2. The van der Waals surface area contributed by atoms with Crippen molar-refractivity contribution in [2.24, 2.45) is 16.9 Å². The van der Waals surface area contributed by atoms with Gasteiger partial charge < -0.3 is 14.3 Å². The maximum atomic E-state index is 6.20. The molecule has 0 N–H and O–H groups in total. The summed E-state index contributed by atoms with van der Waals surface area (Å²) in [6.07, 6.45) is 7.23. The van der Waals surface area contributed by atoms with Crippen LogP contribution in [0.5, 0.6) is 0 Å². The zero-order chi connectivity index (χ0) is 17.3. The monoisotopic (exact) mass is 322 g/mol. The van der Waals surface area contributed by atoms with Crippen LogP contribution in [0.2, 0.25) is 6.32 Å². The van der Waals surface area contributed by atoms with Crippen LogP contribution in [0, 0.1) is 11.8 Å². The molecule has 0 spiro atoms. The van der Waals surface area contributed by atoms with Gasteiger partial charge in [0.2, 0.25) is 0 Å². The first kappa shape index (κ1) is 18.8. The summed E-state index contributed by atoms with van der Waals surface area (Å²) < 4.78 is 12.4. The zero-order valence-electron chi connectivity index (χ0n) is 16.2. The second-order valence-electron chi connectivity index (χ2n) is 8.54. The van der Waals surface area contributed by atoms with Gasteiger partial charge in [-0.15, -0.1) is 0 Å². The van der Waals surface area contributed by atoms with Crippen molar-refractivity contribution in [2.45, 2.75) is 84.2 Å². The molecule has 1 saturated heterocycles. The Morgan fingerprint density at radius 3 is 2.30 bits per heavy atom. The number of hydrazone groups is 1. The average Bonchev–Trinajstić information content (AvgIpc) is 2.56. The van der Waals surface area contributed by atoms with E-state index >= 15 is 0 Å². The predicted octanol–water partition coefficient (Wildman–Crippen LogP) is 4.21. The quantitative estimate of drug-likeness (QED) is 0.442. The number of hydrogen-bond acceptors (Lipinski definition) is 4. The SMILES string of the molecule is C[C@H](CB1OC(C)(C)C(C)(C)O1)[C@H]1CCCCC/C1=N\N(C)C. The molecule has 1 aliphatic heterocycles. The van der Waals surface area contributed by atoms with Gasteiger partial charge in [-0.2, -0.15) is 5.10 Å². The van der Waals surface area contributed by atoms with Gasteiger partial charge in [0, 0.05) is 25.7 Å². The van der Waals surface area contributed by atoms with Crippen LogP contribution in [-0.2, 0) is 9.31 Å². The minimum absolute atomic E-state index is 0.0983. The Labute approximate surface area is 143 Å². The van der Waals surface area contributed by atoms with Crippen molar-refractivity contribution in [3.63, 3.8) is 0 Å². The number of nitrogens with zero attached hydrogens (tertiary/aromatic N) is 2. The van der Waals surface area contributed by atoms with Gasteiger partial charge in [0.1, 0.15) is 0 Å². The van der Waals surface area contributed by atoms with Crippen molar-refractivity contribution in [3.05, 3.63) is 0 Å². The van der Waals surface area contributed by atoms with Gasteiger partial charge >= 0.3 is 7.12 Å². The first-order valence-corrected chi connectivity index (χ1v) is 9.23. The van der Waals surface area contributed by atoms with E-state index in [9.17, 15) is 0 Å². The maximum absolute atomic E-state index is 6.20. The van der Waals surface area contributed by atoms with Gasteiger partial charge in [0.25, 0.3) is 0 Å². The second-order valence-corrected chi connectivity index (χ2v) is 8.54. The number of hydrogen-bond donors (Lipinski definition) is 0. The van der Waals surface area contributed by atoms with Crippen molar-refractivity contribution in [3.8, 4) is 0 Å². The zero-order valence-corrected chi connectivity index (χ0v) is 16.2. The van der Waals surface area contributed by atoms with E-state index in [0.717, 1.165) is 12.7 Å². The molecular weight excluding hydrogens is 287 g/mol. The third kappa shape index (κ3) is 4.51. The fraction of sp³-hybridized carbons (Fsp3) is 0.944. The Kier molecular flexibility index (Phi) is 5.83. The lowest BCUT2D eigenvalue weighted by Crippen LogP contribution is -2.41. The van der Waals surface area contributed by atoms with E-state index in [0.29, 0.717) is 11.8 Å². The minimum Gasteiger partial charge on any atom is -0.403 e. The van der Waals surface area contributed by atoms with Gasteiger partial charge in [-0.05, 0) is 59.2 Å². The second kappa shape index (κ2) is 7.14. The Hall–Kier alpha value is -0.545. The van der Waals surface area contributed by atoms with Gasteiger partial charge in [0.15, 0.2) is 0 Å². The molecule has 1 aliphatic carbocycles. The van der Waals surface area contributed by atoms with Crippen molar-refractivity contribution in [2.75, 3.05) is 14.1 Å². The summed E-state index contributed by atoms with van der Waals surface area (Å²) in [5.41, 5.74) is 0.902. The summed E-state index contributed by atoms with van der Waals surface area (Å²) in [4.78, 5) is 0. The van der Waals surface area contributed by atoms with Crippen LogP contribution < -0.4 is 0 Å². The van der Waals surface area contributed by atoms with Gasteiger partial charge in [-0.1, -0.05) is 19.8 Å². The largest absolute Gasteiger partial charge is 0.458 e.